The van der Waals surface area contributed by atoms with Gasteiger partial charge < -0.3 is 5.32 Å². The molecule has 1 aliphatic rings. The highest BCUT2D eigenvalue weighted by Gasteiger charge is 2.24. The highest BCUT2D eigenvalue weighted by atomic mass is 32.2. The van der Waals surface area contributed by atoms with Crippen LogP contribution in [0.5, 0.6) is 0 Å². The third-order valence-electron chi connectivity index (χ3n) is 3.06. The van der Waals surface area contributed by atoms with E-state index in [4.69, 9.17) is 0 Å². The van der Waals surface area contributed by atoms with Gasteiger partial charge in [-0.3, -0.25) is 0 Å². The summed E-state index contributed by atoms with van der Waals surface area (Å²) in [6.45, 7) is 8.01. The van der Waals surface area contributed by atoms with E-state index in [0.29, 0.717) is 0 Å². The molecule has 84 valence electrons. The molecule has 2 unspecified atom stereocenters. The first-order valence-corrected chi connectivity index (χ1v) is 7.20. The molecule has 1 N–H and O–H groups in total. The second-order valence-electron chi connectivity index (χ2n) is 4.76. The summed E-state index contributed by atoms with van der Waals surface area (Å²) >= 11 is 2.13. The number of hydrogen-bond donors (Lipinski definition) is 1. The van der Waals surface area contributed by atoms with Gasteiger partial charge in [0.05, 0.1) is 0 Å². The summed E-state index contributed by atoms with van der Waals surface area (Å²) < 4.78 is 0. The topological polar surface area (TPSA) is 12.0 Å². The predicted octanol–water partition coefficient (Wildman–Crippen LogP) is 3.15. The molecule has 0 bridgehead atoms. The van der Waals surface area contributed by atoms with Crippen molar-refractivity contribution in [2.75, 3.05) is 18.1 Å². The van der Waals surface area contributed by atoms with Crippen LogP contribution in [-0.2, 0) is 0 Å². The van der Waals surface area contributed by atoms with Crippen molar-refractivity contribution in [3.8, 4) is 0 Å². The lowest BCUT2D eigenvalue weighted by molar-refractivity contribution is 0.344. The summed E-state index contributed by atoms with van der Waals surface area (Å²) in [5.41, 5.74) is 0. The maximum absolute atomic E-state index is 3.67. The van der Waals surface area contributed by atoms with E-state index in [9.17, 15) is 0 Å². The molecule has 2 heteroatoms. The second kappa shape index (κ2) is 6.73. The maximum Gasteiger partial charge on any atom is 0.0103 e. The molecule has 1 nitrogen and oxygen atoms in total. The van der Waals surface area contributed by atoms with Gasteiger partial charge in [-0.05, 0) is 49.1 Å². The van der Waals surface area contributed by atoms with Gasteiger partial charge in [-0.25, -0.2) is 0 Å². The first kappa shape index (κ1) is 12.4. The van der Waals surface area contributed by atoms with Crippen molar-refractivity contribution in [1.29, 1.82) is 0 Å². The number of hydrogen-bond acceptors (Lipinski definition) is 2. The van der Waals surface area contributed by atoms with Gasteiger partial charge in [-0.2, -0.15) is 11.8 Å². The van der Waals surface area contributed by atoms with E-state index in [1.165, 1.54) is 30.8 Å². The quantitative estimate of drug-likeness (QED) is 0.730. The summed E-state index contributed by atoms with van der Waals surface area (Å²) in [6, 6.07) is 0.789. The SMILES string of the molecule is CCNC(CCC(C)C)C1CCSC1. The van der Waals surface area contributed by atoms with Crippen molar-refractivity contribution < 1.29 is 0 Å². The van der Waals surface area contributed by atoms with E-state index >= 15 is 0 Å². The normalized spacial score (nSPS) is 24.4. The molecular formula is C12H25NS. The number of thioether (sulfide) groups is 1. The third-order valence-corrected chi connectivity index (χ3v) is 4.24. The molecule has 1 aliphatic heterocycles. The van der Waals surface area contributed by atoms with Gasteiger partial charge in [0, 0.05) is 6.04 Å². The van der Waals surface area contributed by atoms with Crippen LogP contribution >= 0.6 is 11.8 Å². The average Bonchev–Trinajstić information content (AvgIpc) is 2.64. The molecule has 0 amide bonds. The Labute approximate surface area is 93.4 Å². The molecule has 14 heavy (non-hydrogen) atoms. The van der Waals surface area contributed by atoms with Crippen LogP contribution in [0.3, 0.4) is 0 Å². The third kappa shape index (κ3) is 4.22. The van der Waals surface area contributed by atoms with E-state index in [-0.39, 0.29) is 0 Å². The zero-order chi connectivity index (χ0) is 10.4. The van der Waals surface area contributed by atoms with E-state index in [1.807, 2.05) is 0 Å². The molecule has 0 radical (unpaired) electrons. The predicted molar refractivity (Wildman–Crippen MR) is 67.0 cm³/mol. The summed E-state index contributed by atoms with van der Waals surface area (Å²) in [4.78, 5) is 0. The van der Waals surface area contributed by atoms with E-state index in [1.54, 1.807) is 0 Å². The molecular weight excluding hydrogens is 190 g/mol. The Bertz CT molecular complexity index is 141. The van der Waals surface area contributed by atoms with Gasteiger partial charge in [0.25, 0.3) is 0 Å². The summed E-state index contributed by atoms with van der Waals surface area (Å²) in [5, 5.41) is 3.67. The Balaban J connectivity index is 2.29. The van der Waals surface area contributed by atoms with E-state index in [0.717, 1.165) is 24.4 Å². The number of nitrogens with one attached hydrogen (secondary N) is 1. The molecule has 1 heterocycles. The maximum atomic E-state index is 3.67. The van der Waals surface area contributed by atoms with Gasteiger partial charge in [0.1, 0.15) is 0 Å². The van der Waals surface area contributed by atoms with Crippen molar-refractivity contribution in [2.24, 2.45) is 11.8 Å². The lowest BCUT2D eigenvalue weighted by Gasteiger charge is -2.24. The van der Waals surface area contributed by atoms with Crippen molar-refractivity contribution in [1.82, 2.24) is 5.32 Å². The van der Waals surface area contributed by atoms with Gasteiger partial charge in [0.15, 0.2) is 0 Å². The van der Waals surface area contributed by atoms with Crippen LogP contribution in [0.1, 0.15) is 40.0 Å². The Morgan fingerprint density at radius 1 is 1.36 bits per heavy atom. The lowest BCUT2D eigenvalue weighted by Crippen LogP contribution is -2.36. The minimum absolute atomic E-state index is 0.789. The van der Waals surface area contributed by atoms with Gasteiger partial charge in [0.2, 0.25) is 0 Å². The van der Waals surface area contributed by atoms with Crippen LogP contribution in [0.4, 0.5) is 0 Å². The molecule has 0 spiro atoms. The van der Waals surface area contributed by atoms with Crippen molar-refractivity contribution in [3.63, 3.8) is 0 Å². The highest BCUT2D eigenvalue weighted by Crippen LogP contribution is 2.28. The molecule has 0 saturated carbocycles. The lowest BCUT2D eigenvalue weighted by atomic mass is 9.92. The summed E-state index contributed by atoms with van der Waals surface area (Å²) in [7, 11) is 0. The van der Waals surface area contributed by atoms with Gasteiger partial charge in [-0.15, -0.1) is 0 Å². The molecule has 0 aromatic heterocycles. The molecule has 1 rings (SSSR count). The largest absolute Gasteiger partial charge is 0.314 e. The summed E-state index contributed by atoms with van der Waals surface area (Å²) in [6.07, 6.45) is 4.18. The molecule has 1 saturated heterocycles. The molecule has 0 aromatic carbocycles. The van der Waals surface area contributed by atoms with Crippen LogP contribution in [0.25, 0.3) is 0 Å². The first-order chi connectivity index (χ1) is 6.74. The Hall–Kier alpha value is 0.310. The van der Waals surface area contributed by atoms with Gasteiger partial charge >= 0.3 is 0 Å². The Kier molecular flexibility index (Phi) is 5.95. The van der Waals surface area contributed by atoms with Crippen molar-refractivity contribution >= 4 is 11.8 Å². The fourth-order valence-electron chi connectivity index (χ4n) is 2.15. The van der Waals surface area contributed by atoms with E-state index < -0.39 is 0 Å². The Morgan fingerprint density at radius 2 is 2.14 bits per heavy atom. The number of rotatable bonds is 6. The van der Waals surface area contributed by atoms with Crippen molar-refractivity contribution in [3.05, 3.63) is 0 Å². The minimum Gasteiger partial charge on any atom is -0.314 e. The van der Waals surface area contributed by atoms with Crippen LogP contribution < -0.4 is 5.32 Å². The van der Waals surface area contributed by atoms with Crippen LogP contribution in [-0.4, -0.2) is 24.1 Å². The summed E-state index contributed by atoms with van der Waals surface area (Å²) in [5.74, 6) is 4.56. The van der Waals surface area contributed by atoms with E-state index in [2.05, 4.69) is 37.8 Å². The first-order valence-electron chi connectivity index (χ1n) is 6.05. The van der Waals surface area contributed by atoms with Crippen LogP contribution in [0.15, 0.2) is 0 Å². The average molecular weight is 215 g/mol. The molecule has 1 fully saturated rings. The minimum atomic E-state index is 0.789. The second-order valence-corrected chi connectivity index (χ2v) is 5.91. The standard InChI is InChI=1S/C12H25NS/c1-4-13-12(6-5-10(2)3)11-7-8-14-9-11/h10-13H,4-9H2,1-3H3. The Morgan fingerprint density at radius 3 is 2.64 bits per heavy atom. The molecule has 0 aromatic rings. The smallest absolute Gasteiger partial charge is 0.0103 e. The zero-order valence-corrected chi connectivity index (χ0v) is 10.7. The van der Waals surface area contributed by atoms with Crippen molar-refractivity contribution in [2.45, 2.75) is 46.1 Å². The monoisotopic (exact) mass is 215 g/mol. The zero-order valence-electron chi connectivity index (χ0n) is 9.88. The highest BCUT2D eigenvalue weighted by molar-refractivity contribution is 7.99. The van der Waals surface area contributed by atoms with Crippen LogP contribution in [0, 0.1) is 11.8 Å². The fraction of sp³-hybridized carbons (Fsp3) is 1.00. The molecule has 2 atom stereocenters. The van der Waals surface area contributed by atoms with Crippen LogP contribution in [0.2, 0.25) is 0 Å². The van der Waals surface area contributed by atoms with Gasteiger partial charge in [-0.1, -0.05) is 20.8 Å². The fourth-order valence-corrected chi connectivity index (χ4v) is 3.49. The molecule has 0 aliphatic carbocycles.